The Labute approximate surface area is 121 Å². The zero-order chi connectivity index (χ0) is 14.0. The molecule has 2 aromatic carbocycles. The first-order chi connectivity index (χ1) is 9.78. The summed E-state index contributed by atoms with van der Waals surface area (Å²) in [5.74, 6) is 1.87. The zero-order valence-corrected chi connectivity index (χ0v) is 13.1. The van der Waals surface area contributed by atoms with Crippen LogP contribution in [0.2, 0.25) is 12.1 Å². The van der Waals surface area contributed by atoms with Crippen LogP contribution >= 0.6 is 0 Å². The predicted molar refractivity (Wildman–Crippen MR) is 85.2 cm³/mol. The predicted octanol–water partition coefficient (Wildman–Crippen LogP) is 2.67. The van der Waals surface area contributed by atoms with E-state index in [4.69, 9.17) is 9.47 Å². The average Bonchev–Trinajstić information content (AvgIpc) is 2.47. The Kier molecular flexibility index (Phi) is 3.53. The van der Waals surface area contributed by atoms with E-state index in [1.807, 2.05) is 0 Å². The summed E-state index contributed by atoms with van der Waals surface area (Å²) in [7, 11) is 1.96. The molecule has 1 heterocycles. The van der Waals surface area contributed by atoms with Crippen LogP contribution in [-0.2, 0) is 0 Å². The van der Waals surface area contributed by atoms with Crippen molar-refractivity contribution in [3.8, 4) is 11.5 Å². The second-order valence-corrected chi connectivity index (χ2v) is 9.71. The van der Waals surface area contributed by atoms with Crippen LogP contribution in [0.25, 0.3) is 0 Å². The van der Waals surface area contributed by atoms with Crippen LogP contribution in [0.5, 0.6) is 11.5 Å². The van der Waals surface area contributed by atoms with Crippen molar-refractivity contribution in [3.05, 3.63) is 48.5 Å². The number of hydrogen-bond acceptors (Lipinski definition) is 2. The molecule has 0 saturated carbocycles. The van der Waals surface area contributed by atoms with Gasteiger partial charge in [0.2, 0.25) is 0 Å². The molecule has 2 nitrogen and oxygen atoms in total. The Balaban J connectivity index is 1.96. The van der Waals surface area contributed by atoms with Gasteiger partial charge in [-0.25, -0.2) is 0 Å². The van der Waals surface area contributed by atoms with Crippen molar-refractivity contribution >= 4 is 18.4 Å². The fourth-order valence-electron chi connectivity index (χ4n) is 3.09. The maximum atomic E-state index is 5.27. The van der Waals surface area contributed by atoms with Gasteiger partial charge in [0.25, 0.3) is 0 Å². The molecule has 0 amide bonds. The Bertz CT molecular complexity index is 521. The molecular weight excluding hydrogens is 264 g/mol. The minimum Gasteiger partial charge on any atom is -0.497 e. The highest BCUT2D eigenvalue weighted by atomic mass is 28.3. The van der Waals surface area contributed by atoms with Gasteiger partial charge in [-0.1, -0.05) is 41.1 Å². The number of hydrogen-bond donors (Lipinski definition) is 0. The van der Waals surface area contributed by atoms with Gasteiger partial charge in [0.15, 0.2) is 0 Å². The normalized spacial score (nSPS) is 16.3. The Morgan fingerprint density at radius 1 is 0.700 bits per heavy atom. The fourth-order valence-corrected chi connectivity index (χ4v) is 7.25. The third kappa shape index (κ3) is 2.12. The van der Waals surface area contributed by atoms with E-state index in [9.17, 15) is 0 Å². The summed E-state index contributed by atoms with van der Waals surface area (Å²) in [6, 6.07) is 20.1. The minimum absolute atomic E-state index is 0.937. The first kappa shape index (κ1) is 13.2. The summed E-state index contributed by atoms with van der Waals surface area (Å²) in [4.78, 5) is 0. The largest absolute Gasteiger partial charge is 0.497 e. The molecule has 1 aliphatic rings. The topological polar surface area (TPSA) is 18.5 Å². The van der Waals surface area contributed by atoms with Crippen LogP contribution in [0.3, 0.4) is 0 Å². The molecule has 2 aromatic rings. The molecule has 0 atom stereocenters. The van der Waals surface area contributed by atoms with Crippen LogP contribution in [0.4, 0.5) is 0 Å². The Morgan fingerprint density at radius 2 is 1.10 bits per heavy atom. The monoisotopic (exact) mass is 284 g/mol. The summed E-state index contributed by atoms with van der Waals surface area (Å²) in [6.45, 7) is 0. The SMILES string of the molecule is COc1ccc([Si]2(c3ccc(OC)cc3)CCC2)cc1. The van der Waals surface area contributed by atoms with E-state index < -0.39 is 8.07 Å². The highest BCUT2D eigenvalue weighted by molar-refractivity contribution is 7.04. The molecule has 3 heteroatoms. The first-order valence-corrected chi connectivity index (χ1v) is 9.49. The highest BCUT2D eigenvalue weighted by Gasteiger charge is 2.42. The van der Waals surface area contributed by atoms with E-state index in [-0.39, 0.29) is 0 Å². The average molecular weight is 284 g/mol. The van der Waals surface area contributed by atoms with E-state index in [0.717, 1.165) is 11.5 Å². The summed E-state index contributed by atoms with van der Waals surface area (Å²) in [5.41, 5.74) is 0. The lowest BCUT2D eigenvalue weighted by Gasteiger charge is -2.41. The molecule has 1 fully saturated rings. The molecule has 20 heavy (non-hydrogen) atoms. The van der Waals surface area contributed by atoms with Crippen molar-refractivity contribution in [1.29, 1.82) is 0 Å². The van der Waals surface area contributed by atoms with Crippen LogP contribution in [-0.4, -0.2) is 22.3 Å². The van der Waals surface area contributed by atoms with Gasteiger partial charge >= 0.3 is 0 Å². The standard InChI is InChI=1S/C17H20O2Si/c1-18-14-4-8-16(9-5-14)20(12-3-13-20)17-10-6-15(19-2)7-11-17/h4-11H,3,12-13H2,1-2H3. The van der Waals surface area contributed by atoms with Crippen molar-refractivity contribution in [1.82, 2.24) is 0 Å². The molecule has 0 unspecified atom stereocenters. The van der Waals surface area contributed by atoms with Crippen LogP contribution < -0.4 is 19.8 Å². The van der Waals surface area contributed by atoms with Crippen LogP contribution in [0.1, 0.15) is 6.42 Å². The second kappa shape index (κ2) is 5.33. The number of rotatable bonds is 4. The van der Waals surface area contributed by atoms with Crippen molar-refractivity contribution in [2.45, 2.75) is 18.5 Å². The van der Waals surface area contributed by atoms with Gasteiger partial charge in [0, 0.05) is 0 Å². The molecule has 0 aromatic heterocycles. The van der Waals surface area contributed by atoms with Crippen molar-refractivity contribution < 1.29 is 9.47 Å². The van der Waals surface area contributed by atoms with E-state index in [1.54, 1.807) is 14.2 Å². The zero-order valence-electron chi connectivity index (χ0n) is 12.1. The van der Waals surface area contributed by atoms with Gasteiger partial charge in [-0.05, 0) is 36.4 Å². The summed E-state index contributed by atoms with van der Waals surface area (Å²) in [5, 5.41) is 3.05. The maximum Gasteiger partial charge on any atom is 0.118 e. The number of ether oxygens (including phenoxy) is 2. The Morgan fingerprint density at radius 3 is 1.35 bits per heavy atom. The van der Waals surface area contributed by atoms with Gasteiger partial charge in [-0.2, -0.15) is 0 Å². The molecule has 1 saturated heterocycles. The van der Waals surface area contributed by atoms with Crippen molar-refractivity contribution in [3.63, 3.8) is 0 Å². The molecule has 104 valence electrons. The van der Waals surface area contributed by atoms with Gasteiger partial charge in [0.05, 0.1) is 14.2 Å². The van der Waals surface area contributed by atoms with Crippen LogP contribution in [0.15, 0.2) is 48.5 Å². The minimum atomic E-state index is -1.48. The summed E-state index contributed by atoms with van der Waals surface area (Å²) >= 11 is 0. The molecule has 0 spiro atoms. The number of benzene rings is 2. The Hall–Kier alpha value is -1.74. The number of methoxy groups -OCH3 is 2. The third-order valence-electron chi connectivity index (χ3n) is 4.49. The summed E-state index contributed by atoms with van der Waals surface area (Å²) < 4.78 is 10.5. The molecule has 0 aliphatic carbocycles. The maximum absolute atomic E-state index is 5.27. The fraction of sp³-hybridized carbons (Fsp3) is 0.294. The lowest BCUT2D eigenvalue weighted by Crippen LogP contribution is -2.62. The second-order valence-electron chi connectivity index (χ2n) is 5.39. The molecular formula is C17H20O2Si. The molecule has 1 aliphatic heterocycles. The smallest absolute Gasteiger partial charge is 0.118 e. The molecule has 3 rings (SSSR count). The van der Waals surface area contributed by atoms with Gasteiger partial charge in [0.1, 0.15) is 19.6 Å². The molecule has 0 radical (unpaired) electrons. The van der Waals surface area contributed by atoms with Gasteiger partial charge in [-0.3, -0.25) is 0 Å². The van der Waals surface area contributed by atoms with E-state index in [0.29, 0.717) is 0 Å². The van der Waals surface area contributed by atoms with Crippen molar-refractivity contribution in [2.75, 3.05) is 14.2 Å². The van der Waals surface area contributed by atoms with E-state index >= 15 is 0 Å². The highest BCUT2D eigenvalue weighted by Crippen LogP contribution is 2.32. The molecule has 0 bridgehead atoms. The van der Waals surface area contributed by atoms with E-state index in [2.05, 4.69) is 48.5 Å². The van der Waals surface area contributed by atoms with Crippen molar-refractivity contribution in [2.24, 2.45) is 0 Å². The quantitative estimate of drug-likeness (QED) is 0.804. The molecule has 0 N–H and O–H groups in total. The lowest BCUT2D eigenvalue weighted by atomic mass is 10.3. The summed E-state index contributed by atoms with van der Waals surface area (Å²) in [6.07, 6.45) is 1.35. The van der Waals surface area contributed by atoms with Gasteiger partial charge in [-0.15, -0.1) is 0 Å². The third-order valence-corrected chi connectivity index (χ3v) is 9.78. The van der Waals surface area contributed by atoms with Gasteiger partial charge < -0.3 is 9.47 Å². The first-order valence-electron chi connectivity index (χ1n) is 7.07. The lowest BCUT2D eigenvalue weighted by molar-refractivity contribution is 0.415. The van der Waals surface area contributed by atoms with Crippen LogP contribution in [0, 0.1) is 0 Å². The van der Waals surface area contributed by atoms with E-state index in [1.165, 1.54) is 28.9 Å².